The van der Waals surface area contributed by atoms with E-state index in [1.54, 1.807) is 21.5 Å². The Labute approximate surface area is 76.8 Å². The molecule has 3 nitrogen and oxygen atoms in total. The molecule has 0 bridgehead atoms. The molecule has 0 aliphatic rings. The van der Waals surface area contributed by atoms with Crippen LogP contribution in [0.5, 0.6) is 0 Å². The van der Waals surface area contributed by atoms with Crippen LogP contribution in [0.25, 0.3) is 0 Å². The molecule has 0 unspecified atom stereocenters. The molecule has 0 spiro atoms. The van der Waals surface area contributed by atoms with Crippen molar-refractivity contribution in [1.29, 1.82) is 0 Å². The van der Waals surface area contributed by atoms with Crippen LogP contribution in [-0.2, 0) is 13.1 Å². The Balaban J connectivity index is 2.69. The van der Waals surface area contributed by atoms with E-state index in [9.17, 15) is 9.18 Å². The average Bonchev–Trinajstić information content (AvgIpc) is 2.46. The highest BCUT2D eigenvalue weighted by Crippen LogP contribution is 1.91. The molecule has 0 aromatic carbocycles. The van der Waals surface area contributed by atoms with Crippen LogP contribution in [0.15, 0.2) is 17.2 Å². The van der Waals surface area contributed by atoms with Gasteiger partial charge in [-0.1, -0.05) is 6.92 Å². The van der Waals surface area contributed by atoms with Gasteiger partial charge in [0.15, 0.2) is 0 Å². The molecule has 0 radical (unpaired) electrons. The minimum Gasteiger partial charge on any atom is -0.299 e. The van der Waals surface area contributed by atoms with Crippen molar-refractivity contribution in [3.05, 3.63) is 22.9 Å². The van der Waals surface area contributed by atoms with E-state index in [0.29, 0.717) is 13.0 Å². The SMILES string of the molecule is CCCn1ccn(CCCF)c1=O. The highest BCUT2D eigenvalue weighted by atomic mass is 19.1. The molecule has 1 aromatic rings. The van der Waals surface area contributed by atoms with Crippen molar-refractivity contribution in [3.63, 3.8) is 0 Å². The van der Waals surface area contributed by atoms with E-state index in [2.05, 4.69) is 0 Å². The van der Waals surface area contributed by atoms with Crippen LogP contribution in [0.1, 0.15) is 19.8 Å². The number of halogens is 1. The first kappa shape index (κ1) is 10.0. The van der Waals surface area contributed by atoms with Crippen LogP contribution in [0.4, 0.5) is 4.39 Å². The topological polar surface area (TPSA) is 26.9 Å². The molecule has 1 aromatic heterocycles. The van der Waals surface area contributed by atoms with E-state index in [-0.39, 0.29) is 12.4 Å². The van der Waals surface area contributed by atoms with Crippen LogP contribution >= 0.6 is 0 Å². The first-order valence-electron chi connectivity index (χ1n) is 4.61. The second kappa shape index (κ2) is 4.84. The standard InChI is InChI=1S/C9H15FN2O/c1-2-5-11-7-8-12(9(11)13)6-3-4-10/h7-8H,2-6H2,1H3. The number of nitrogens with zero attached hydrogens (tertiary/aromatic N) is 2. The van der Waals surface area contributed by atoms with Crippen molar-refractivity contribution in [2.75, 3.05) is 6.67 Å². The van der Waals surface area contributed by atoms with E-state index in [4.69, 9.17) is 0 Å². The number of alkyl halides is 1. The van der Waals surface area contributed by atoms with E-state index < -0.39 is 0 Å². The first-order valence-corrected chi connectivity index (χ1v) is 4.61. The average molecular weight is 186 g/mol. The summed E-state index contributed by atoms with van der Waals surface area (Å²) in [6.45, 7) is 2.87. The van der Waals surface area contributed by atoms with Crippen molar-refractivity contribution >= 4 is 0 Å². The molecule has 74 valence electrons. The molecule has 0 saturated heterocycles. The Morgan fingerprint density at radius 2 is 1.92 bits per heavy atom. The summed E-state index contributed by atoms with van der Waals surface area (Å²) in [5.74, 6) is 0. The third-order valence-electron chi connectivity index (χ3n) is 1.92. The Kier molecular flexibility index (Phi) is 3.73. The zero-order valence-electron chi connectivity index (χ0n) is 7.87. The number of hydrogen-bond donors (Lipinski definition) is 0. The predicted molar refractivity (Wildman–Crippen MR) is 49.6 cm³/mol. The van der Waals surface area contributed by atoms with Crippen molar-refractivity contribution in [2.24, 2.45) is 0 Å². The van der Waals surface area contributed by atoms with Gasteiger partial charge in [0.05, 0.1) is 6.67 Å². The lowest BCUT2D eigenvalue weighted by molar-refractivity contribution is 0.441. The van der Waals surface area contributed by atoms with Crippen LogP contribution in [0.3, 0.4) is 0 Å². The van der Waals surface area contributed by atoms with Gasteiger partial charge >= 0.3 is 5.69 Å². The second-order valence-corrected chi connectivity index (χ2v) is 3.01. The largest absolute Gasteiger partial charge is 0.328 e. The van der Waals surface area contributed by atoms with Gasteiger partial charge in [0.2, 0.25) is 0 Å². The third kappa shape index (κ3) is 2.44. The fraction of sp³-hybridized carbons (Fsp3) is 0.667. The van der Waals surface area contributed by atoms with Gasteiger partial charge in [-0.3, -0.25) is 13.5 Å². The Morgan fingerprint density at radius 1 is 1.31 bits per heavy atom. The lowest BCUT2D eigenvalue weighted by atomic mass is 10.5. The summed E-state index contributed by atoms with van der Waals surface area (Å²) < 4.78 is 15.0. The van der Waals surface area contributed by atoms with E-state index >= 15 is 0 Å². The summed E-state index contributed by atoms with van der Waals surface area (Å²) in [6, 6.07) is 0. The van der Waals surface area contributed by atoms with Crippen molar-refractivity contribution in [1.82, 2.24) is 9.13 Å². The minimum atomic E-state index is -0.370. The quantitative estimate of drug-likeness (QED) is 0.683. The normalized spacial score (nSPS) is 10.6. The fourth-order valence-corrected chi connectivity index (χ4v) is 1.26. The van der Waals surface area contributed by atoms with Gasteiger partial charge in [-0.05, 0) is 12.8 Å². The van der Waals surface area contributed by atoms with Gasteiger partial charge in [-0.15, -0.1) is 0 Å². The lowest BCUT2D eigenvalue weighted by Gasteiger charge is -1.98. The summed E-state index contributed by atoms with van der Waals surface area (Å²) in [6.07, 6.45) is 4.82. The summed E-state index contributed by atoms with van der Waals surface area (Å²) >= 11 is 0. The smallest absolute Gasteiger partial charge is 0.299 e. The molecular formula is C9H15FN2O. The minimum absolute atomic E-state index is 0.0321. The number of aryl methyl sites for hydroxylation is 2. The van der Waals surface area contributed by atoms with Crippen LogP contribution in [-0.4, -0.2) is 15.8 Å². The maximum absolute atomic E-state index is 11.8. The summed E-state index contributed by atoms with van der Waals surface area (Å²) in [4.78, 5) is 11.5. The molecule has 1 rings (SSSR count). The van der Waals surface area contributed by atoms with Crippen molar-refractivity contribution in [2.45, 2.75) is 32.9 Å². The second-order valence-electron chi connectivity index (χ2n) is 3.01. The van der Waals surface area contributed by atoms with Crippen LogP contribution in [0.2, 0.25) is 0 Å². The third-order valence-corrected chi connectivity index (χ3v) is 1.92. The molecule has 0 saturated carbocycles. The molecule has 0 atom stereocenters. The Morgan fingerprint density at radius 3 is 2.46 bits per heavy atom. The molecule has 0 fully saturated rings. The zero-order chi connectivity index (χ0) is 9.68. The van der Waals surface area contributed by atoms with Crippen molar-refractivity contribution < 1.29 is 4.39 Å². The van der Waals surface area contributed by atoms with Gasteiger partial charge < -0.3 is 0 Å². The van der Waals surface area contributed by atoms with E-state index in [1.165, 1.54) is 0 Å². The van der Waals surface area contributed by atoms with E-state index in [0.717, 1.165) is 13.0 Å². The number of hydrogen-bond acceptors (Lipinski definition) is 1. The first-order chi connectivity index (χ1) is 6.29. The van der Waals surface area contributed by atoms with Crippen molar-refractivity contribution in [3.8, 4) is 0 Å². The Hall–Kier alpha value is -1.06. The maximum Gasteiger partial charge on any atom is 0.328 e. The number of aromatic nitrogens is 2. The zero-order valence-corrected chi connectivity index (χ0v) is 7.87. The number of imidazole rings is 1. The molecule has 13 heavy (non-hydrogen) atoms. The van der Waals surface area contributed by atoms with Gasteiger partial charge in [0.25, 0.3) is 0 Å². The van der Waals surface area contributed by atoms with Crippen LogP contribution < -0.4 is 5.69 Å². The monoisotopic (exact) mass is 186 g/mol. The van der Waals surface area contributed by atoms with Gasteiger partial charge in [0, 0.05) is 25.5 Å². The van der Waals surface area contributed by atoms with Gasteiger partial charge in [0.1, 0.15) is 0 Å². The maximum atomic E-state index is 11.8. The molecule has 0 amide bonds. The lowest BCUT2D eigenvalue weighted by Crippen LogP contribution is -2.24. The van der Waals surface area contributed by atoms with E-state index in [1.807, 2.05) is 6.92 Å². The van der Waals surface area contributed by atoms with Gasteiger partial charge in [-0.2, -0.15) is 0 Å². The summed E-state index contributed by atoms with van der Waals surface area (Å²) in [7, 11) is 0. The highest BCUT2D eigenvalue weighted by molar-refractivity contribution is 4.81. The number of rotatable bonds is 5. The molecule has 0 N–H and O–H groups in total. The molecular weight excluding hydrogens is 171 g/mol. The van der Waals surface area contributed by atoms with Gasteiger partial charge in [-0.25, -0.2) is 4.79 Å². The summed E-state index contributed by atoms with van der Waals surface area (Å²) in [5, 5.41) is 0. The summed E-state index contributed by atoms with van der Waals surface area (Å²) in [5.41, 5.74) is -0.0321. The molecule has 4 heteroatoms. The highest BCUT2D eigenvalue weighted by Gasteiger charge is 2.00. The predicted octanol–water partition coefficient (Wildman–Crippen LogP) is 1.42. The molecule has 1 heterocycles. The molecule has 0 aliphatic carbocycles. The fourth-order valence-electron chi connectivity index (χ4n) is 1.26. The molecule has 0 aliphatic heterocycles. The van der Waals surface area contributed by atoms with Crippen LogP contribution in [0, 0.1) is 0 Å². The Bertz CT molecular complexity index is 303.